The van der Waals surface area contributed by atoms with Gasteiger partial charge in [0.15, 0.2) is 0 Å². The molecule has 0 saturated carbocycles. The summed E-state index contributed by atoms with van der Waals surface area (Å²) in [5.74, 6) is 0.623. The molecule has 8 heteroatoms. The molecule has 0 unspecified atom stereocenters. The summed E-state index contributed by atoms with van der Waals surface area (Å²) in [6.45, 7) is 5.39. The maximum atomic E-state index is 12.6. The monoisotopic (exact) mass is 483 g/mol. The molecule has 0 atom stereocenters. The van der Waals surface area contributed by atoms with E-state index in [2.05, 4.69) is 10.2 Å². The van der Waals surface area contributed by atoms with Crippen LogP contribution in [0, 0.1) is 0 Å². The Hall–Kier alpha value is -3.03. The van der Waals surface area contributed by atoms with Crippen LogP contribution in [0.25, 0.3) is 0 Å². The number of benzene rings is 2. The van der Waals surface area contributed by atoms with Gasteiger partial charge in [0.2, 0.25) is 0 Å². The molecule has 0 aliphatic carbocycles. The fourth-order valence-electron chi connectivity index (χ4n) is 3.67. The van der Waals surface area contributed by atoms with Gasteiger partial charge in [-0.1, -0.05) is 24.6 Å². The highest BCUT2D eigenvalue weighted by molar-refractivity contribution is 7.12. The van der Waals surface area contributed by atoms with Crippen molar-refractivity contribution in [1.82, 2.24) is 4.90 Å². The summed E-state index contributed by atoms with van der Waals surface area (Å²) in [4.78, 5) is 30.0. The molecule has 2 aromatic carbocycles. The van der Waals surface area contributed by atoms with E-state index in [9.17, 15) is 9.59 Å². The molecule has 33 heavy (non-hydrogen) atoms. The van der Waals surface area contributed by atoms with E-state index in [1.54, 1.807) is 30.3 Å². The van der Waals surface area contributed by atoms with E-state index in [4.69, 9.17) is 16.3 Å². The molecule has 0 radical (unpaired) electrons. The van der Waals surface area contributed by atoms with Gasteiger partial charge in [-0.25, -0.2) is 0 Å². The van der Waals surface area contributed by atoms with Gasteiger partial charge in [0.25, 0.3) is 11.8 Å². The van der Waals surface area contributed by atoms with E-state index in [-0.39, 0.29) is 11.8 Å². The second kappa shape index (κ2) is 10.7. The van der Waals surface area contributed by atoms with Crippen LogP contribution in [0.4, 0.5) is 11.4 Å². The van der Waals surface area contributed by atoms with Crippen LogP contribution in [0.1, 0.15) is 33.4 Å². The third-order valence-electron chi connectivity index (χ3n) is 5.43. The number of halogens is 1. The van der Waals surface area contributed by atoms with Crippen LogP contribution >= 0.6 is 22.9 Å². The summed E-state index contributed by atoms with van der Waals surface area (Å²) in [7, 11) is 0. The van der Waals surface area contributed by atoms with Crippen molar-refractivity contribution in [2.24, 2.45) is 0 Å². The number of carbonyl (C=O) groups is 2. The van der Waals surface area contributed by atoms with Gasteiger partial charge in [-0.15, -0.1) is 11.3 Å². The number of nitrogens with one attached hydrogen (secondary N) is 1. The van der Waals surface area contributed by atoms with Gasteiger partial charge in [0, 0.05) is 37.4 Å². The van der Waals surface area contributed by atoms with Gasteiger partial charge in [-0.3, -0.25) is 9.59 Å². The molecule has 1 aromatic heterocycles. The molecule has 1 N–H and O–H groups in total. The predicted molar refractivity (Wildman–Crippen MR) is 134 cm³/mol. The Kier molecular flexibility index (Phi) is 7.52. The van der Waals surface area contributed by atoms with Gasteiger partial charge < -0.3 is 19.9 Å². The molecule has 1 aliphatic heterocycles. The van der Waals surface area contributed by atoms with Crippen molar-refractivity contribution in [3.63, 3.8) is 0 Å². The molecule has 4 rings (SSSR count). The van der Waals surface area contributed by atoms with Gasteiger partial charge in [0.1, 0.15) is 5.75 Å². The van der Waals surface area contributed by atoms with Crippen molar-refractivity contribution in [1.29, 1.82) is 0 Å². The minimum absolute atomic E-state index is 0.0822. The fraction of sp³-hybridized carbons (Fsp3) is 0.280. The van der Waals surface area contributed by atoms with E-state index < -0.39 is 0 Å². The van der Waals surface area contributed by atoms with Crippen LogP contribution in [0.5, 0.6) is 5.75 Å². The molecule has 6 nitrogen and oxygen atoms in total. The van der Waals surface area contributed by atoms with Gasteiger partial charge in [-0.2, -0.15) is 0 Å². The number of anilines is 2. The zero-order valence-corrected chi connectivity index (χ0v) is 20.0. The number of nitrogens with zero attached hydrogens (tertiary/aromatic N) is 2. The number of piperazine rings is 1. The highest BCUT2D eigenvalue weighted by atomic mass is 35.5. The van der Waals surface area contributed by atoms with Crippen molar-refractivity contribution in [2.75, 3.05) is 43.0 Å². The summed E-state index contributed by atoms with van der Waals surface area (Å²) in [6.07, 6.45) is 0.932. The van der Waals surface area contributed by atoms with Crippen LogP contribution in [0.2, 0.25) is 5.02 Å². The first kappa shape index (κ1) is 23.1. The lowest BCUT2D eigenvalue weighted by molar-refractivity contribution is 0.0751. The SMILES string of the molecule is CCCOc1ccc(C(=O)Nc2ccc(N3CCN(C(=O)c4cccs4)CC3)c(Cl)c2)cc1. The average molecular weight is 484 g/mol. The summed E-state index contributed by atoms with van der Waals surface area (Å²) in [6, 6.07) is 16.4. The first-order valence-electron chi connectivity index (χ1n) is 11.0. The minimum atomic E-state index is -0.207. The Bertz CT molecular complexity index is 1090. The zero-order valence-electron chi connectivity index (χ0n) is 18.4. The lowest BCUT2D eigenvalue weighted by atomic mass is 10.2. The predicted octanol–water partition coefficient (Wildman–Crippen LogP) is 5.41. The molecule has 1 fully saturated rings. The quantitative estimate of drug-likeness (QED) is 0.488. The largest absolute Gasteiger partial charge is 0.494 e. The Morgan fingerprint density at radius 1 is 1.06 bits per heavy atom. The van der Waals surface area contributed by atoms with Gasteiger partial charge >= 0.3 is 0 Å². The van der Waals surface area contributed by atoms with Crippen molar-refractivity contribution in [3.05, 3.63) is 75.4 Å². The van der Waals surface area contributed by atoms with Crippen LogP contribution in [-0.4, -0.2) is 49.5 Å². The number of rotatable bonds is 7. The lowest BCUT2D eigenvalue weighted by Crippen LogP contribution is -2.48. The number of hydrogen-bond donors (Lipinski definition) is 1. The number of thiophene rings is 1. The molecule has 0 bridgehead atoms. The Labute approximate surface area is 202 Å². The average Bonchev–Trinajstić information content (AvgIpc) is 3.38. The van der Waals surface area contributed by atoms with E-state index in [1.165, 1.54) is 11.3 Å². The molecule has 3 aromatic rings. The smallest absolute Gasteiger partial charge is 0.264 e. The Morgan fingerprint density at radius 3 is 2.45 bits per heavy atom. The molecular formula is C25H26ClN3O3S. The summed E-state index contributed by atoms with van der Waals surface area (Å²) in [5.41, 5.74) is 2.08. The number of ether oxygens (including phenoxy) is 1. The van der Waals surface area contributed by atoms with Gasteiger partial charge in [0.05, 0.1) is 22.2 Å². The maximum Gasteiger partial charge on any atom is 0.264 e. The van der Waals surface area contributed by atoms with Crippen molar-refractivity contribution in [3.8, 4) is 5.75 Å². The van der Waals surface area contributed by atoms with E-state index in [0.717, 1.165) is 22.7 Å². The molecule has 2 heterocycles. The van der Waals surface area contributed by atoms with Crippen molar-refractivity contribution < 1.29 is 14.3 Å². The normalized spacial score (nSPS) is 13.6. The van der Waals surface area contributed by atoms with E-state index in [1.807, 2.05) is 41.5 Å². The van der Waals surface area contributed by atoms with Crippen LogP contribution in [0.15, 0.2) is 60.0 Å². The number of carbonyl (C=O) groups excluding carboxylic acids is 2. The zero-order chi connectivity index (χ0) is 23.2. The molecular weight excluding hydrogens is 458 g/mol. The third kappa shape index (κ3) is 5.67. The first-order valence-corrected chi connectivity index (χ1v) is 12.2. The molecule has 172 valence electrons. The highest BCUT2D eigenvalue weighted by Gasteiger charge is 2.24. The molecule has 1 aliphatic rings. The second-order valence-corrected chi connectivity index (χ2v) is 9.10. The minimum Gasteiger partial charge on any atom is -0.494 e. The molecule has 1 saturated heterocycles. The van der Waals surface area contributed by atoms with Crippen molar-refractivity contribution >= 4 is 46.1 Å². The summed E-state index contributed by atoms with van der Waals surface area (Å²) >= 11 is 8.02. The Morgan fingerprint density at radius 2 is 1.82 bits per heavy atom. The standard InChI is InChI=1S/C25H26ClN3O3S/c1-2-15-32-20-8-5-18(6-9-20)24(30)27-19-7-10-22(21(26)17-19)28-11-13-29(14-12-28)25(31)23-4-3-16-33-23/h3-10,16-17H,2,11-15H2,1H3,(H,27,30). The summed E-state index contributed by atoms with van der Waals surface area (Å²) in [5, 5.41) is 5.38. The Balaban J connectivity index is 1.34. The lowest BCUT2D eigenvalue weighted by Gasteiger charge is -2.36. The van der Waals surface area contributed by atoms with Crippen LogP contribution in [-0.2, 0) is 0 Å². The summed E-state index contributed by atoms with van der Waals surface area (Å²) < 4.78 is 5.56. The second-order valence-electron chi connectivity index (χ2n) is 7.75. The third-order valence-corrected chi connectivity index (χ3v) is 6.60. The molecule has 2 amide bonds. The fourth-order valence-corrected chi connectivity index (χ4v) is 4.66. The molecule has 0 spiro atoms. The van der Waals surface area contributed by atoms with Crippen molar-refractivity contribution in [2.45, 2.75) is 13.3 Å². The number of amides is 2. The van der Waals surface area contributed by atoms with Crippen LogP contribution in [0.3, 0.4) is 0 Å². The van der Waals surface area contributed by atoms with Gasteiger partial charge in [-0.05, 0) is 60.3 Å². The number of hydrogen-bond acceptors (Lipinski definition) is 5. The maximum absolute atomic E-state index is 12.6. The van der Waals surface area contributed by atoms with Crippen LogP contribution < -0.4 is 15.0 Å². The van der Waals surface area contributed by atoms with E-state index in [0.29, 0.717) is 49.1 Å². The van der Waals surface area contributed by atoms with E-state index >= 15 is 0 Å². The first-order chi connectivity index (χ1) is 16.0. The highest BCUT2D eigenvalue weighted by Crippen LogP contribution is 2.30. The topological polar surface area (TPSA) is 61.9 Å².